The monoisotopic (exact) mass is 355 g/mol. The number of carbonyl (C=O) groups excluding carboxylic acids is 2. The normalized spacial score (nSPS) is 10.5. The molecule has 0 aromatic heterocycles. The van der Waals surface area contributed by atoms with Crippen molar-refractivity contribution in [3.63, 3.8) is 0 Å². The predicted octanol–water partition coefficient (Wildman–Crippen LogP) is 2.66. The molecule has 0 unspecified atom stereocenters. The van der Waals surface area contributed by atoms with Gasteiger partial charge in [-0.15, -0.1) is 0 Å². The van der Waals surface area contributed by atoms with E-state index < -0.39 is 0 Å². The zero-order chi connectivity index (χ0) is 18.8. The molecule has 7 nitrogen and oxygen atoms in total. The molecule has 0 bridgehead atoms. The third-order valence-corrected chi connectivity index (χ3v) is 3.30. The van der Waals surface area contributed by atoms with Crippen molar-refractivity contribution in [2.75, 3.05) is 11.9 Å². The second kappa shape index (κ2) is 9.83. The SMILES string of the molecule is CCOc1ccc(NC(=O)CCC(=O)NN=Cc2cccc(O)c2)cc1. The van der Waals surface area contributed by atoms with Crippen molar-refractivity contribution < 1.29 is 19.4 Å². The van der Waals surface area contributed by atoms with E-state index in [1.165, 1.54) is 12.3 Å². The summed E-state index contributed by atoms with van der Waals surface area (Å²) in [4.78, 5) is 23.6. The number of amides is 2. The van der Waals surface area contributed by atoms with Crippen LogP contribution in [-0.2, 0) is 9.59 Å². The van der Waals surface area contributed by atoms with Crippen molar-refractivity contribution in [3.05, 3.63) is 54.1 Å². The van der Waals surface area contributed by atoms with Gasteiger partial charge in [-0.2, -0.15) is 5.10 Å². The smallest absolute Gasteiger partial charge is 0.240 e. The molecule has 136 valence electrons. The van der Waals surface area contributed by atoms with Gasteiger partial charge in [0.05, 0.1) is 12.8 Å². The minimum atomic E-state index is -0.372. The number of hydrogen-bond acceptors (Lipinski definition) is 5. The summed E-state index contributed by atoms with van der Waals surface area (Å²) in [6, 6.07) is 13.5. The molecule has 0 radical (unpaired) electrons. The highest BCUT2D eigenvalue weighted by molar-refractivity contribution is 5.93. The summed E-state index contributed by atoms with van der Waals surface area (Å²) >= 11 is 0. The van der Waals surface area contributed by atoms with E-state index in [1.807, 2.05) is 6.92 Å². The molecule has 0 aliphatic carbocycles. The minimum Gasteiger partial charge on any atom is -0.508 e. The average molecular weight is 355 g/mol. The molecule has 2 aromatic rings. The van der Waals surface area contributed by atoms with Gasteiger partial charge < -0.3 is 15.2 Å². The summed E-state index contributed by atoms with van der Waals surface area (Å²) in [5.41, 5.74) is 3.63. The van der Waals surface area contributed by atoms with Crippen LogP contribution in [0.4, 0.5) is 5.69 Å². The van der Waals surface area contributed by atoms with Crippen LogP contribution in [-0.4, -0.2) is 29.7 Å². The van der Waals surface area contributed by atoms with Crippen LogP contribution in [0, 0.1) is 0 Å². The zero-order valence-electron chi connectivity index (χ0n) is 14.4. The maximum atomic E-state index is 11.9. The van der Waals surface area contributed by atoms with Crippen molar-refractivity contribution >= 4 is 23.7 Å². The van der Waals surface area contributed by atoms with Crippen molar-refractivity contribution in [1.29, 1.82) is 0 Å². The Kier molecular flexibility index (Phi) is 7.17. The third-order valence-electron chi connectivity index (χ3n) is 3.30. The maximum Gasteiger partial charge on any atom is 0.240 e. The lowest BCUT2D eigenvalue weighted by molar-refractivity contribution is -0.124. The lowest BCUT2D eigenvalue weighted by Gasteiger charge is -2.07. The molecule has 3 N–H and O–H groups in total. The van der Waals surface area contributed by atoms with Crippen LogP contribution >= 0.6 is 0 Å². The zero-order valence-corrected chi connectivity index (χ0v) is 14.4. The van der Waals surface area contributed by atoms with Crippen molar-refractivity contribution in [2.45, 2.75) is 19.8 Å². The number of nitrogens with one attached hydrogen (secondary N) is 2. The van der Waals surface area contributed by atoms with Crippen LogP contribution in [0.5, 0.6) is 11.5 Å². The molecule has 0 aliphatic rings. The summed E-state index contributed by atoms with van der Waals surface area (Å²) in [5, 5.41) is 15.8. The first-order valence-electron chi connectivity index (χ1n) is 8.20. The first-order valence-corrected chi connectivity index (χ1v) is 8.20. The number of hydrazone groups is 1. The Labute approximate surface area is 151 Å². The highest BCUT2D eigenvalue weighted by Crippen LogP contribution is 2.15. The third kappa shape index (κ3) is 6.64. The van der Waals surface area contributed by atoms with Gasteiger partial charge in [0.2, 0.25) is 11.8 Å². The Balaban J connectivity index is 1.71. The number of rotatable bonds is 8. The Morgan fingerprint density at radius 3 is 2.54 bits per heavy atom. The molecule has 0 spiro atoms. The number of ether oxygens (including phenoxy) is 1. The van der Waals surface area contributed by atoms with E-state index in [1.54, 1.807) is 42.5 Å². The minimum absolute atomic E-state index is 0.0141. The van der Waals surface area contributed by atoms with Crippen molar-refractivity contribution in [1.82, 2.24) is 5.43 Å². The molecule has 26 heavy (non-hydrogen) atoms. The number of aromatic hydroxyl groups is 1. The molecular formula is C19H21N3O4. The second-order valence-corrected chi connectivity index (χ2v) is 5.39. The highest BCUT2D eigenvalue weighted by atomic mass is 16.5. The number of hydrogen-bond donors (Lipinski definition) is 3. The first kappa shape index (κ1) is 19.0. The fourth-order valence-corrected chi connectivity index (χ4v) is 2.09. The number of carbonyl (C=O) groups is 2. The number of anilines is 1. The molecule has 0 saturated carbocycles. The summed E-state index contributed by atoms with van der Waals surface area (Å²) in [6.07, 6.45) is 1.47. The predicted molar refractivity (Wildman–Crippen MR) is 99.3 cm³/mol. The number of phenols is 1. The molecule has 7 heteroatoms. The van der Waals surface area contributed by atoms with Crippen molar-refractivity contribution in [2.24, 2.45) is 5.10 Å². The molecule has 0 atom stereocenters. The molecule has 0 saturated heterocycles. The van der Waals surface area contributed by atoms with Crippen LogP contribution in [0.1, 0.15) is 25.3 Å². The van der Waals surface area contributed by atoms with Crippen LogP contribution in [0.3, 0.4) is 0 Å². The van der Waals surface area contributed by atoms with Gasteiger partial charge in [0, 0.05) is 18.5 Å². The van der Waals surface area contributed by atoms with Gasteiger partial charge >= 0.3 is 0 Å². The Hall–Kier alpha value is -3.35. The maximum absolute atomic E-state index is 11.9. The lowest BCUT2D eigenvalue weighted by atomic mass is 10.2. The summed E-state index contributed by atoms with van der Waals surface area (Å²) in [5.74, 6) is 0.213. The Morgan fingerprint density at radius 1 is 1.12 bits per heavy atom. The highest BCUT2D eigenvalue weighted by Gasteiger charge is 2.07. The van der Waals surface area contributed by atoms with E-state index in [0.717, 1.165) is 5.75 Å². The molecule has 2 amide bonds. The Bertz CT molecular complexity index is 773. The van der Waals surface area contributed by atoms with E-state index in [4.69, 9.17) is 4.74 Å². The van der Waals surface area contributed by atoms with Gasteiger partial charge in [-0.1, -0.05) is 12.1 Å². The standard InChI is InChI=1S/C19H21N3O4/c1-2-26-17-8-6-15(7-9-17)21-18(24)10-11-19(25)22-20-13-14-4-3-5-16(23)12-14/h3-9,12-13,23H,2,10-11H2,1H3,(H,21,24)(H,22,25). The van der Waals surface area contributed by atoms with Crippen LogP contribution in [0.2, 0.25) is 0 Å². The first-order chi connectivity index (χ1) is 12.6. The van der Waals surface area contributed by atoms with E-state index in [9.17, 15) is 14.7 Å². The molecule has 0 heterocycles. The Morgan fingerprint density at radius 2 is 1.85 bits per heavy atom. The summed E-state index contributed by atoms with van der Waals surface area (Å²) in [6.45, 7) is 2.48. The topological polar surface area (TPSA) is 100 Å². The van der Waals surface area contributed by atoms with Gasteiger partial charge in [0.1, 0.15) is 11.5 Å². The van der Waals surface area contributed by atoms with E-state index in [2.05, 4.69) is 15.8 Å². The number of nitrogens with zero attached hydrogens (tertiary/aromatic N) is 1. The van der Waals surface area contributed by atoms with Gasteiger partial charge in [0.15, 0.2) is 0 Å². The largest absolute Gasteiger partial charge is 0.508 e. The fourth-order valence-electron chi connectivity index (χ4n) is 2.09. The van der Waals surface area contributed by atoms with Gasteiger partial charge in [0.25, 0.3) is 0 Å². The van der Waals surface area contributed by atoms with Gasteiger partial charge in [-0.05, 0) is 48.9 Å². The summed E-state index contributed by atoms with van der Waals surface area (Å²) in [7, 11) is 0. The van der Waals surface area contributed by atoms with Crippen LogP contribution in [0.15, 0.2) is 53.6 Å². The van der Waals surface area contributed by atoms with E-state index >= 15 is 0 Å². The lowest BCUT2D eigenvalue weighted by Crippen LogP contribution is -2.20. The molecule has 0 aliphatic heterocycles. The van der Waals surface area contributed by atoms with E-state index in [0.29, 0.717) is 17.9 Å². The van der Waals surface area contributed by atoms with Crippen molar-refractivity contribution in [3.8, 4) is 11.5 Å². The number of benzene rings is 2. The van der Waals surface area contributed by atoms with E-state index in [-0.39, 0.29) is 30.4 Å². The second-order valence-electron chi connectivity index (χ2n) is 5.39. The molecule has 2 rings (SSSR count). The summed E-state index contributed by atoms with van der Waals surface area (Å²) < 4.78 is 5.33. The van der Waals surface area contributed by atoms with Gasteiger partial charge in [-0.25, -0.2) is 5.43 Å². The van der Waals surface area contributed by atoms with Gasteiger partial charge in [-0.3, -0.25) is 9.59 Å². The molecular weight excluding hydrogens is 334 g/mol. The average Bonchev–Trinajstić information content (AvgIpc) is 2.62. The molecule has 0 fully saturated rings. The molecule has 2 aromatic carbocycles. The number of phenolic OH excluding ortho intramolecular Hbond substituents is 1. The van der Waals surface area contributed by atoms with Crippen LogP contribution < -0.4 is 15.5 Å². The fraction of sp³-hybridized carbons (Fsp3) is 0.211. The quantitative estimate of drug-likeness (QED) is 0.501. The van der Waals surface area contributed by atoms with Crippen LogP contribution in [0.25, 0.3) is 0 Å².